The second-order valence-corrected chi connectivity index (χ2v) is 7.27. The van der Waals surface area contributed by atoms with Crippen LogP contribution in [0.15, 0.2) is 4.90 Å². The highest BCUT2D eigenvalue weighted by atomic mass is 32.2. The summed E-state index contributed by atoms with van der Waals surface area (Å²) in [7, 11) is -3.30. The van der Waals surface area contributed by atoms with E-state index in [0.717, 1.165) is 24.4 Å². The van der Waals surface area contributed by atoms with Crippen LogP contribution in [0.4, 0.5) is 10.8 Å². The summed E-state index contributed by atoms with van der Waals surface area (Å²) in [4.78, 5) is 0.187. The lowest BCUT2D eigenvalue weighted by Gasteiger charge is -2.06. The Morgan fingerprint density at radius 2 is 2.24 bits per heavy atom. The molecule has 2 atom stereocenters. The van der Waals surface area contributed by atoms with Gasteiger partial charge in [-0.2, -0.15) is 4.37 Å². The lowest BCUT2D eigenvalue weighted by Crippen LogP contribution is -2.11. The fraction of sp³-hybridized carbons (Fsp3) is 0.700. The van der Waals surface area contributed by atoms with Gasteiger partial charge in [0.2, 0.25) is 0 Å². The molecule has 17 heavy (non-hydrogen) atoms. The van der Waals surface area contributed by atoms with Gasteiger partial charge >= 0.3 is 0 Å². The molecule has 0 amide bonds. The van der Waals surface area contributed by atoms with Crippen molar-refractivity contribution in [2.24, 2.45) is 5.92 Å². The van der Waals surface area contributed by atoms with E-state index in [0.29, 0.717) is 17.0 Å². The molecule has 0 aromatic carbocycles. The van der Waals surface area contributed by atoms with Crippen molar-refractivity contribution in [1.82, 2.24) is 4.37 Å². The van der Waals surface area contributed by atoms with Gasteiger partial charge < -0.3 is 11.1 Å². The van der Waals surface area contributed by atoms with E-state index in [1.54, 1.807) is 6.92 Å². The molecule has 2 rings (SSSR count). The highest BCUT2D eigenvalue weighted by molar-refractivity contribution is 7.91. The number of rotatable bonds is 5. The second-order valence-electron chi connectivity index (χ2n) is 4.28. The molecule has 7 heteroatoms. The fourth-order valence-corrected chi connectivity index (χ4v) is 4.09. The summed E-state index contributed by atoms with van der Waals surface area (Å²) in [6.07, 6.45) is 2.21. The van der Waals surface area contributed by atoms with Gasteiger partial charge in [-0.3, -0.25) is 0 Å². The van der Waals surface area contributed by atoms with Crippen LogP contribution in [-0.4, -0.2) is 24.6 Å². The first-order valence-electron chi connectivity index (χ1n) is 5.74. The van der Waals surface area contributed by atoms with Gasteiger partial charge in [0.25, 0.3) is 0 Å². The number of hydrogen-bond acceptors (Lipinski definition) is 6. The minimum atomic E-state index is -3.30. The molecule has 1 aromatic rings. The zero-order valence-corrected chi connectivity index (χ0v) is 11.6. The number of nitrogens with zero attached hydrogens (tertiary/aromatic N) is 1. The van der Waals surface area contributed by atoms with Gasteiger partial charge in [0.15, 0.2) is 15.7 Å². The van der Waals surface area contributed by atoms with Gasteiger partial charge in [0, 0.05) is 6.04 Å². The first-order chi connectivity index (χ1) is 7.99. The van der Waals surface area contributed by atoms with Crippen LogP contribution in [0.2, 0.25) is 0 Å². The molecular formula is C10H17N3O2S2. The Morgan fingerprint density at radius 3 is 2.76 bits per heavy atom. The van der Waals surface area contributed by atoms with Gasteiger partial charge in [-0.15, -0.1) is 0 Å². The first-order valence-corrected chi connectivity index (χ1v) is 8.16. The molecule has 1 fully saturated rings. The van der Waals surface area contributed by atoms with Crippen molar-refractivity contribution in [3.8, 4) is 0 Å². The van der Waals surface area contributed by atoms with Crippen LogP contribution in [0.5, 0.6) is 0 Å². The molecule has 0 radical (unpaired) electrons. The molecule has 0 bridgehead atoms. The van der Waals surface area contributed by atoms with E-state index in [9.17, 15) is 8.42 Å². The highest BCUT2D eigenvalue weighted by Gasteiger charge is 2.37. The third-order valence-corrected chi connectivity index (χ3v) is 5.85. The maximum absolute atomic E-state index is 11.9. The summed E-state index contributed by atoms with van der Waals surface area (Å²) in [6, 6.07) is 0.380. The van der Waals surface area contributed by atoms with Gasteiger partial charge in [0.1, 0.15) is 9.90 Å². The van der Waals surface area contributed by atoms with Gasteiger partial charge in [-0.05, 0) is 23.9 Å². The number of nitrogen functional groups attached to an aromatic ring is 1. The third-order valence-electron chi connectivity index (χ3n) is 3.13. The minimum Gasteiger partial charge on any atom is -0.382 e. The molecule has 1 heterocycles. The topological polar surface area (TPSA) is 85.1 Å². The summed E-state index contributed by atoms with van der Waals surface area (Å²) in [6.45, 7) is 3.75. The highest BCUT2D eigenvalue weighted by Crippen LogP contribution is 2.40. The Hall–Kier alpha value is -0.820. The Morgan fingerprint density at radius 1 is 1.53 bits per heavy atom. The van der Waals surface area contributed by atoms with Crippen LogP contribution in [0.3, 0.4) is 0 Å². The van der Waals surface area contributed by atoms with Crippen molar-refractivity contribution in [2.75, 3.05) is 16.8 Å². The van der Waals surface area contributed by atoms with Crippen molar-refractivity contribution < 1.29 is 8.42 Å². The van der Waals surface area contributed by atoms with E-state index in [2.05, 4.69) is 16.6 Å². The summed E-state index contributed by atoms with van der Waals surface area (Å²) in [5.74, 6) is 0.815. The molecule has 0 saturated heterocycles. The molecule has 5 nitrogen and oxygen atoms in total. The number of hydrogen-bond donors (Lipinski definition) is 2. The van der Waals surface area contributed by atoms with Crippen molar-refractivity contribution in [2.45, 2.75) is 37.6 Å². The molecule has 1 saturated carbocycles. The van der Waals surface area contributed by atoms with Crippen LogP contribution in [0.25, 0.3) is 0 Å². The normalized spacial score (nSPS) is 23.6. The molecule has 3 N–H and O–H groups in total. The Kier molecular flexibility index (Phi) is 3.31. The van der Waals surface area contributed by atoms with Crippen molar-refractivity contribution in [3.05, 3.63) is 0 Å². The zero-order valence-electron chi connectivity index (χ0n) is 9.93. The summed E-state index contributed by atoms with van der Waals surface area (Å²) < 4.78 is 27.7. The summed E-state index contributed by atoms with van der Waals surface area (Å²) >= 11 is 1.13. The molecule has 2 unspecified atom stereocenters. The maximum Gasteiger partial charge on any atom is 0.184 e. The Balaban J connectivity index is 2.24. The van der Waals surface area contributed by atoms with Gasteiger partial charge in [-0.1, -0.05) is 20.3 Å². The Labute approximate surface area is 105 Å². The largest absolute Gasteiger partial charge is 0.382 e. The van der Waals surface area contributed by atoms with Crippen LogP contribution >= 0.6 is 11.5 Å². The van der Waals surface area contributed by atoms with E-state index in [-0.39, 0.29) is 16.5 Å². The average Bonchev–Trinajstić information content (AvgIpc) is 2.93. The Bertz CT molecular complexity index is 510. The average molecular weight is 275 g/mol. The molecule has 0 spiro atoms. The van der Waals surface area contributed by atoms with E-state index in [1.165, 1.54) is 0 Å². The molecular weight excluding hydrogens is 258 g/mol. The van der Waals surface area contributed by atoms with Crippen LogP contribution < -0.4 is 11.1 Å². The molecule has 1 aromatic heterocycles. The monoisotopic (exact) mass is 275 g/mol. The smallest absolute Gasteiger partial charge is 0.184 e. The summed E-state index contributed by atoms with van der Waals surface area (Å²) in [5.41, 5.74) is 5.65. The van der Waals surface area contributed by atoms with E-state index in [1.807, 2.05) is 0 Å². The van der Waals surface area contributed by atoms with Crippen LogP contribution in [0.1, 0.15) is 26.7 Å². The predicted octanol–water partition coefficient (Wildman–Crippen LogP) is 1.73. The van der Waals surface area contributed by atoms with E-state index < -0.39 is 9.84 Å². The number of aromatic nitrogens is 1. The van der Waals surface area contributed by atoms with Crippen molar-refractivity contribution in [1.29, 1.82) is 0 Å². The first kappa shape index (κ1) is 12.6. The van der Waals surface area contributed by atoms with Crippen LogP contribution in [0, 0.1) is 5.92 Å². The summed E-state index contributed by atoms with van der Waals surface area (Å²) in [5, 5.41) is 3.85. The second kappa shape index (κ2) is 4.45. The standard InChI is InChI=1S/C10H17N3O2S2/c1-3-6-5-7(6)12-10-8(9(11)13-16-10)17(14,15)4-2/h6-7,12H,3-5H2,1-2H3,(H2,11,13). The number of nitrogens with one attached hydrogen (secondary N) is 1. The van der Waals surface area contributed by atoms with E-state index in [4.69, 9.17) is 5.73 Å². The number of nitrogens with two attached hydrogens (primary N) is 1. The SMILES string of the molecule is CCC1CC1Nc1snc(N)c1S(=O)(=O)CC. The van der Waals surface area contributed by atoms with Crippen molar-refractivity contribution >= 4 is 32.2 Å². The fourth-order valence-electron chi connectivity index (χ4n) is 1.87. The predicted molar refractivity (Wildman–Crippen MR) is 70.1 cm³/mol. The quantitative estimate of drug-likeness (QED) is 0.854. The molecule has 96 valence electrons. The number of sulfone groups is 1. The lowest BCUT2D eigenvalue weighted by molar-refractivity contribution is 0.598. The van der Waals surface area contributed by atoms with Crippen molar-refractivity contribution in [3.63, 3.8) is 0 Å². The van der Waals surface area contributed by atoms with Gasteiger partial charge in [-0.25, -0.2) is 8.42 Å². The molecule has 1 aliphatic rings. The zero-order chi connectivity index (χ0) is 12.6. The maximum atomic E-state index is 11.9. The minimum absolute atomic E-state index is 0.0478. The lowest BCUT2D eigenvalue weighted by atomic mass is 10.3. The molecule has 0 aliphatic heterocycles. The van der Waals surface area contributed by atoms with Gasteiger partial charge in [0.05, 0.1) is 5.75 Å². The molecule has 1 aliphatic carbocycles. The third kappa shape index (κ3) is 2.40. The van der Waals surface area contributed by atoms with E-state index >= 15 is 0 Å². The van der Waals surface area contributed by atoms with Crippen LogP contribution in [-0.2, 0) is 9.84 Å². The number of anilines is 2.